The fourth-order valence-electron chi connectivity index (χ4n) is 3.09. The predicted molar refractivity (Wildman–Crippen MR) is 121 cm³/mol. The topological polar surface area (TPSA) is 84.9 Å². The Bertz CT molecular complexity index is 1250. The Kier molecular flexibility index (Phi) is 7.35. The number of carbonyl (C=O) groups excluding carboxylic acids is 1. The number of amides is 1. The van der Waals surface area contributed by atoms with E-state index < -0.39 is 34.2 Å². The highest BCUT2D eigenvalue weighted by molar-refractivity contribution is 7.92. The van der Waals surface area contributed by atoms with Gasteiger partial charge in [-0.15, -0.1) is 0 Å². The van der Waals surface area contributed by atoms with Crippen molar-refractivity contribution in [2.45, 2.75) is 11.1 Å². The summed E-state index contributed by atoms with van der Waals surface area (Å²) in [6.07, 6.45) is -4.51. The van der Waals surface area contributed by atoms with Crippen molar-refractivity contribution in [1.29, 1.82) is 0 Å². The molecule has 0 aliphatic carbocycles. The molecule has 0 radical (unpaired) electrons. The number of para-hydroxylation sites is 1. The molecule has 3 aromatic rings. The van der Waals surface area contributed by atoms with Crippen LogP contribution in [-0.4, -0.2) is 35.1 Å². The highest BCUT2D eigenvalue weighted by atomic mass is 32.2. The van der Waals surface area contributed by atoms with Gasteiger partial charge in [0.15, 0.2) is 11.5 Å². The molecule has 11 heteroatoms. The summed E-state index contributed by atoms with van der Waals surface area (Å²) in [6, 6.07) is 15.8. The van der Waals surface area contributed by atoms with E-state index in [1.165, 1.54) is 44.6 Å². The highest BCUT2D eigenvalue weighted by Gasteiger charge is 2.31. The van der Waals surface area contributed by atoms with Gasteiger partial charge in [-0.25, -0.2) is 8.42 Å². The third-order valence-electron chi connectivity index (χ3n) is 4.77. The fraction of sp³-hybridized carbons (Fsp3) is 0.174. The number of methoxy groups -OCH3 is 2. The van der Waals surface area contributed by atoms with Crippen LogP contribution in [0.2, 0.25) is 0 Å². The number of sulfonamides is 1. The van der Waals surface area contributed by atoms with Gasteiger partial charge in [0.1, 0.15) is 6.54 Å². The highest BCUT2D eigenvalue weighted by Crippen LogP contribution is 2.32. The maximum absolute atomic E-state index is 13.5. The molecule has 0 saturated heterocycles. The van der Waals surface area contributed by atoms with Crippen molar-refractivity contribution in [3.8, 4) is 11.5 Å². The lowest BCUT2D eigenvalue weighted by molar-refractivity contribution is -0.137. The Morgan fingerprint density at radius 2 is 1.53 bits per heavy atom. The van der Waals surface area contributed by atoms with E-state index in [2.05, 4.69) is 5.32 Å². The van der Waals surface area contributed by atoms with Gasteiger partial charge in [0, 0.05) is 11.8 Å². The second kappa shape index (κ2) is 10.0. The standard InChI is InChI=1S/C23H21F3N2O5S/c1-32-20-13-12-19(14-21(20)33-2)34(30,31)28(18-6-4-3-5-7-18)15-22(29)27-17-10-8-16(9-11-17)23(24,25)26/h3-14H,15H2,1-2H3,(H,27,29). The Morgan fingerprint density at radius 3 is 2.09 bits per heavy atom. The van der Waals surface area contributed by atoms with Crippen LogP contribution in [0.3, 0.4) is 0 Å². The summed E-state index contributed by atoms with van der Waals surface area (Å²) >= 11 is 0. The molecular formula is C23H21F3N2O5S. The average Bonchev–Trinajstić information content (AvgIpc) is 2.82. The van der Waals surface area contributed by atoms with Crippen LogP contribution in [0.5, 0.6) is 11.5 Å². The Balaban J connectivity index is 1.90. The van der Waals surface area contributed by atoms with Crippen molar-refractivity contribution in [2.75, 3.05) is 30.4 Å². The van der Waals surface area contributed by atoms with Crippen LogP contribution in [0.1, 0.15) is 5.56 Å². The third kappa shape index (κ3) is 5.60. The molecule has 0 aromatic heterocycles. The van der Waals surface area contributed by atoms with Gasteiger partial charge < -0.3 is 14.8 Å². The number of halogens is 3. The number of ether oxygens (including phenoxy) is 2. The van der Waals surface area contributed by atoms with Gasteiger partial charge in [-0.3, -0.25) is 9.10 Å². The van der Waals surface area contributed by atoms with Gasteiger partial charge in [-0.05, 0) is 48.5 Å². The SMILES string of the molecule is COc1ccc(S(=O)(=O)N(CC(=O)Nc2ccc(C(F)(F)F)cc2)c2ccccc2)cc1OC. The molecule has 1 N–H and O–H groups in total. The molecule has 34 heavy (non-hydrogen) atoms. The van der Waals surface area contributed by atoms with Crippen molar-refractivity contribution in [2.24, 2.45) is 0 Å². The molecule has 1 amide bonds. The third-order valence-corrected chi connectivity index (χ3v) is 6.54. The first-order chi connectivity index (χ1) is 16.1. The zero-order valence-electron chi connectivity index (χ0n) is 18.2. The number of hydrogen-bond acceptors (Lipinski definition) is 5. The molecule has 0 saturated carbocycles. The van der Waals surface area contributed by atoms with Crippen LogP contribution in [0.25, 0.3) is 0 Å². The smallest absolute Gasteiger partial charge is 0.416 e. The van der Waals surface area contributed by atoms with Crippen LogP contribution < -0.4 is 19.1 Å². The van der Waals surface area contributed by atoms with Crippen LogP contribution >= 0.6 is 0 Å². The molecule has 0 spiro atoms. The maximum atomic E-state index is 13.5. The Hall–Kier alpha value is -3.73. The number of rotatable bonds is 8. The molecule has 3 rings (SSSR count). The summed E-state index contributed by atoms with van der Waals surface area (Å²) < 4.78 is 76.4. The normalized spacial score (nSPS) is 11.6. The first-order valence-electron chi connectivity index (χ1n) is 9.83. The first kappa shape index (κ1) is 24.9. The van der Waals surface area contributed by atoms with E-state index in [0.717, 1.165) is 28.6 Å². The van der Waals surface area contributed by atoms with E-state index >= 15 is 0 Å². The minimum absolute atomic E-state index is 0.0922. The Morgan fingerprint density at radius 1 is 0.912 bits per heavy atom. The summed E-state index contributed by atoms with van der Waals surface area (Å²) in [4.78, 5) is 12.6. The molecule has 0 aliphatic rings. The van der Waals surface area contributed by atoms with Crippen LogP contribution in [0, 0.1) is 0 Å². The van der Waals surface area contributed by atoms with E-state index in [1.54, 1.807) is 18.2 Å². The molecule has 180 valence electrons. The van der Waals surface area contributed by atoms with Gasteiger partial charge in [0.25, 0.3) is 10.0 Å². The Labute approximate surface area is 194 Å². The van der Waals surface area contributed by atoms with Gasteiger partial charge in [0.05, 0.1) is 30.4 Å². The average molecular weight is 494 g/mol. The molecule has 0 aliphatic heterocycles. The number of hydrogen-bond donors (Lipinski definition) is 1. The quantitative estimate of drug-likeness (QED) is 0.497. The lowest BCUT2D eigenvalue weighted by Crippen LogP contribution is -2.38. The van der Waals surface area contributed by atoms with Crippen molar-refractivity contribution < 1.29 is 35.9 Å². The van der Waals surface area contributed by atoms with E-state index in [4.69, 9.17) is 9.47 Å². The molecule has 0 unspecified atom stereocenters. The zero-order valence-corrected chi connectivity index (χ0v) is 19.0. The van der Waals surface area contributed by atoms with Crippen molar-refractivity contribution in [3.63, 3.8) is 0 Å². The van der Waals surface area contributed by atoms with E-state index in [9.17, 15) is 26.4 Å². The van der Waals surface area contributed by atoms with Crippen molar-refractivity contribution in [3.05, 3.63) is 78.4 Å². The molecule has 0 atom stereocenters. The lowest BCUT2D eigenvalue weighted by atomic mass is 10.2. The van der Waals surface area contributed by atoms with Crippen molar-refractivity contribution in [1.82, 2.24) is 0 Å². The van der Waals surface area contributed by atoms with Crippen LogP contribution in [0.15, 0.2) is 77.7 Å². The van der Waals surface area contributed by atoms with Crippen LogP contribution in [0.4, 0.5) is 24.5 Å². The minimum Gasteiger partial charge on any atom is -0.493 e. The minimum atomic E-state index is -4.51. The second-order valence-electron chi connectivity index (χ2n) is 6.99. The number of benzene rings is 3. The zero-order chi connectivity index (χ0) is 24.9. The number of nitrogens with zero attached hydrogens (tertiary/aromatic N) is 1. The van der Waals surface area contributed by atoms with E-state index in [0.29, 0.717) is 5.75 Å². The van der Waals surface area contributed by atoms with Gasteiger partial charge in [-0.1, -0.05) is 18.2 Å². The number of nitrogens with one attached hydrogen (secondary N) is 1. The van der Waals surface area contributed by atoms with E-state index in [1.807, 2.05) is 0 Å². The summed E-state index contributed by atoms with van der Waals surface area (Å²) in [5.41, 5.74) is -0.554. The molecule has 0 bridgehead atoms. The van der Waals surface area contributed by atoms with Crippen molar-refractivity contribution >= 4 is 27.3 Å². The molecule has 0 fully saturated rings. The number of anilines is 2. The largest absolute Gasteiger partial charge is 0.493 e. The number of alkyl halides is 3. The summed E-state index contributed by atoms with van der Waals surface area (Å²) in [7, 11) is -1.46. The summed E-state index contributed by atoms with van der Waals surface area (Å²) in [6.45, 7) is -0.623. The number of carbonyl (C=O) groups is 1. The maximum Gasteiger partial charge on any atom is 0.416 e. The lowest BCUT2D eigenvalue weighted by Gasteiger charge is -2.24. The first-order valence-corrected chi connectivity index (χ1v) is 11.3. The summed E-state index contributed by atoms with van der Waals surface area (Å²) in [5, 5.41) is 2.43. The molecule has 7 nitrogen and oxygen atoms in total. The second-order valence-corrected chi connectivity index (χ2v) is 8.85. The van der Waals surface area contributed by atoms with Gasteiger partial charge >= 0.3 is 6.18 Å². The van der Waals surface area contributed by atoms with Gasteiger partial charge in [0.2, 0.25) is 5.91 Å². The monoisotopic (exact) mass is 494 g/mol. The van der Waals surface area contributed by atoms with Gasteiger partial charge in [-0.2, -0.15) is 13.2 Å². The summed E-state index contributed by atoms with van der Waals surface area (Å²) in [5.74, 6) is -0.230. The molecule has 3 aromatic carbocycles. The fourth-order valence-corrected chi connectivity index (χ4v) is 4.52. The van der Waals surface area contributed by atoms with E-state index in [-0.39, 0.29) is 22.0 Å². The molecular weight excluding hydrogens is 473 g/mol. The molecule has 0 heterocycles. The van der Waals surface area contributed by atoms with Crippen LogP contribution in [-0.2, 0) is 21.0 Å². The predicted octanol–water partition coefficient (Wildman–Crippen LogP) is 4.56.